The number of pyridine rings is 1. The molecule has 150 valence electrons. The molecule has 0 spiro atoms. The van der Waals surface area contributed by atoms with Gasteiger partial charge < -0.3 is 5.32 Å². The molecule has 0 aromatic carbocycles. The van der Waals surface area contributed by atoms with Crippen molar-refractivity contribution in [1.82, 2.24) is 20.3 Å². The zero-order valence-electron chi connectivity index (χ0n) is 15.8. The number of nitrogens with one attached hydrogen (secondary N) is 2. The highest BCUT2D eigenvalue weighted by molar-refractivity contribution is 7.16. The normalized spacial score (nSPS) is 12.4. The molecule has 0 unspecified atom stereocenters. The minimum Gasteiger partial charge on any atom is -0.316 e. The third kappa shape index (κ3) is 4.68. The predicted octanol–water partition coefficient (Wildman–Crippen LogP) is 5.45. The van der Waals surface area contributed by atoms with Gasteiger partial charge in [-0.25, -0.2) is 15.0 Å². The van der Waals surface area contributed by atoms with Crippen LogP contribution in [0.4, 0.5) is 24.1 Å². The molecule has 10 heteroatoms. The van der Waals surface area contributed by atoms with Gasteiger partial charge in [-0.2, -0.15) is 13.2 Å². The fraction of sp³-hybridized carbons (Fsp3) is 0.389. The van der Waals surface area contributed by atoms with Crippen molar-refractivity contribution >= 4 is 33.6 Å². The first kappa shape index (κ1) is 20.7. The zero-order valence-corrected chi connectivity index (χ0v) is 17.4. The number of rotatable bonds is 6. The van der Waals surface area contributed by atoms with Crippen LogP contribution in [0.25, 0.3) is 10.6 Å². The molecule has 0 saturated carbocycles. The molecule has 0 aliphatic rings. The third-order valence-electron chi connectivity index (χ3n) is 4.14. The van der Waals surface area contributed by atoms with Crippen molar-refractivity contribution in [2.45, 2.75) is 46.0 Å². The van der Waals surface area contributed by atoms with Gasteiger partial charge in [0.2, 0.25) is 0 Å². The summed E-state index contributed by atoms with van der Waals surface area (Å²) in [5.41, 5.74) is 0.523. The summed E-state index contributed by atoms with van der Waals surface area (Å²) < 4.78 is 38.7. The second-order valence-corrected chi connectivity index (χ2v) is 8.90. The van der Waals surface area contributed by atoms with Crippen molar-refractivity contribution in [3.8, 4) is 10.6 Å². The molecule has 0 atom stereocenters. The Kier molecular flexibility index (Phi) is 5.74. The van der Waals surface area contributed by atoms with E-state index in [9.17, 15) is 13.2 Å². The largest absolute Gasteiger partial charge is 0.406 e. The lowest BCUT2D eigenvalue weighted by molar-refractivity contribution is -0.186. The Balaban J connectivity index is 1.63. The van der Waals surface area contributed by atoms with E-state index >= 15 is 0 Å². The zero-order chi connectivity index (χ0) is 20.5. The summed E-state index contributed by atoms with van der Waals surface area (Å²) >= 11 is 3.06. The molecule has 5 nitrogen and oxygen atoms in total. The van der Waals surface area contributed by atoms with Gasteiger partial charge in [-0.1, -0.05) is 6.07 Å². The van der Waals surface area contributed by atoms with Crippen molar-refractivity contribution in [2.75, 3.05) is 5.32 Å². The summed E-state index contributed by atoms with van der Waals surface area (Å²) in [6, 6.07) is 3.46. The van der Waals surface area contributed by atoms with E-state index in [1.54, 1.807) is 29.7 Å². The van der Waals surface area contributed by atoms with Crippen LogP contribution in [-0.2, 0) is 6.54 Å². The van der Waals surface area contributed by atoms with Gasteiger partial charge >= 0.3 is 6.18 Å². The van der Waals surface area contributed by atoms with Gasteiger partial charge in [0.05, 0.1) is 21.3 Å². The highest BCUT2D eigenvalue weighted by Crippen LogP contribution is 2.33. The van der Waals surface area contributed by atoms with Gasteiger partial charge in [-0.3, -0.25) is 5.32 Å². The average molecular weight is 428 g/mol. The van der Waals surface area contributed by atoms with Crippen LogP contribution in [0, 0.1) is 13.8 Å². The Bertz CT molecular complexity index is 945. The minimum atomic E-state index is -4.32. The number of aromatic nitrogens is 3. The smallest absolute Gasteiger partial charge is 0.316 e. The maximum atomic E-state index is 12.9. The van der Waals surface area contributed by atoms with Crippen LogP contribution in [0.5, 0.6) is 0 Å². The summed E-state index contributed by atoms with van der Waals surface area (Å²) in [5, 5.41) is 9.28. The molecule has 2 N–H and O–H groups in total. The first-order valence-electron chi connectivity index (χ1n) is 8.49. The van der Waals surface area contributed by atoms with E-state index in [0.29, 0.717) is 16.5 Å². The first-order valence-corrected chi connectivity index (χ1v) is 10.2. The molecule has 0 bridgehead atoms. The Morgan fingerprint density at radius 1 is 1.11 bits per heavy atom. The Morgan fingerprint density at radius 2 is 1.86 bits per heavy atom. The van der Waals surface area contributed by atoms with E-state index in [0.717, 1.165) is 35.1 Å². The summed E-state index contributed by atoms with van der Waals surface area (Å²) in [6.45, 7) is 6.22. The quantitative estimate of drug-likeness (QED) is 0.548. The number of aryl methyl sites for hydroxylation is 2. The summed E-state index contributed by atoms with van der Waals surface area (Å²) in [7, 11) is 0. The number of hydrogen-bond acceptors (Lipinski definition) is 7. The minimum absolute atomic E-state index is 0.0746. The van der Waals surface area contributed by atoms with E-state index < -0.39 is 11.7 Å². The molecular formula is C18H20F3N5S2. The van der Waals surface area contributed by atoms with Crippen molar-refractivity contribution < 1.29 is 13.2 Å². The van der Waals surface area contributed by atoms with Crippen LogP contribution in [0.2, 0.25) is 0 Å². The van der Waals surface area contributed by atoms with E-state index in [2.05, 4.69) is 25.6 Å². The molecule has 0 aliphatic heterocycles. The maximum absolute atomic E-state index is 12.9. The van der Waals surface area contributed by atoms with Crippen LogP contribution >= 0.6 is 22.7 Å². The number of hydrogen-bond donors (Lipinski definition) is 2. The number of nitrogens with zero attached hydrogens (tertiary/aromatic N) is 3. The topological polar surface area (TPSA) is 62.7 Å². The van der Waals surface area contributed by atoms with Crippen molar-refractivity contribution in [3.05, 3.63) is 40.0 Å². The summed E-state index contributed by atoms with van der Waals surface area (Å²) in [5.74, 6) is 0.580. The molecule has 0 saturated heterocycles. The van der Waals surface area contributed by atoms with E-state index in [1.807, 2.05) is 19.2 Å². The molecule has 0 aliphatic carbocycles. The van der Waals surface area contributed by atoms with Gasteiger partial charge in [-0.15, -0.1) is 22.7 Å². The predicted molar refractivity (Wildman–Crippen MR) is 107 cm³/mol. The Hall–Kier alpha value is -2.04. The Morgan fingerprint density at radius 3 is 2.43 bits per heavy atom. The third-order valence-corrected chi connectivity index (χ3v) is 6.00. The molecule has 3 rings (SSSR count). The second kappa shape index (κ2) is 7.76. The lowest BCUT2D eigenvalue weighted by Crippen LogP contribution is -2.51. The van der Waals surface area contributed by atoms with Gasteiger partial charge in [0.1, 0.15) is 11.4 Å². The van der Waals surface area contributed by atoms with Gasteiger partial charge in [0.15, 0.2) is 5.13 Å². The highest BCUT2D eigenvalue weighted by Gasteiger charge is 2.46. The van der Waals surface area contributed by atoms with Crippen LogP contribution in [0.15, 0.2) is 23.7 Å². The lowest BCUT2D eigenvalue weighted by atomic mass is 10.0. The van der Waals surface area contributed by atoms with Crippen LogP contribution in [0.1, 0.15) is 30.1 Å². The van der Waals surface area contributed by atoms with Crippen molar-refractivity contribution in [3.63, 3.8) is 0 Å². The number of alkyl halides is 3. The molecule has 0 radical (unpaired) electrons. The van der Waals surface area contributed by atoms with Gasteiger partial charge in [-0.05, 0) is 39.3 Å². The first-order chi connectivity index (χ1) is 13.0. The standard InChI is InChI=1S/C18H20F3N5S2/c1-10-15(28-11(2)24-10)13-9-27-16(25-13)26-14-6-5-12(7-22-14)8-23-17(3,4)18(19,20)21/h5-7,9,23H,8H2,1-4H3,(H,22,25,26). The fourth-order valence-corrected chi connectivity index (χ4v) is 4.00. The number of halogens is 3. The molecule has 28 heavy (non-hydrogen) atoms. The Labute approximate surface area is 169 Å². The lowest BCUT2D eigenvalue weighted by Gasteiger charge is -2.29. The van der Waals surface area contributed by atoms with E-state index in [1.165, 1.54) is 11.3 Å². The van der Waals surface area contributed by atoms with E-state index in [4.69, 9.17) is 0 Å². The monoisotopic (exact) mass is 427 g/mol. The van der Waals surface area contributed by atoms with Crippen LogP contribution in [-0.4, -0.2) is 26.7 Å². The van der Waals surface area contributed by atoms with Crippen molar-refractivity contribution in [2.24, 2.45) is 0 Å². The van der Waals surface area contributed by atoms with Crippen LogP contribution < -0.4 is 10.6 Å². The molecule has 3 aromatic heterocycles. The van der Waals surface area contributed by atoms with Gasteiger partial charge in [0.25, 0.3) is 0 Å². The fourth-order valence-electron chi connectivity index (χ4n) is 2.34. The maximum Gasteiger partial charge on any atom is 0.406 e. The average Bonchev–Trinajstić information content (AvgIpc) is 3.19. The molecule has 0 fully saturated rings. The molecule has 0 amide bonds. The summed E-state index contributed by atoms with van der Waals surface area (Å²) in [6.07, 6.45) is -2.77. The summed E-state index contributed by atoms with van der Waals surface area (Å²) in [4.78, 5) is 14.3. The number of thiazole rings is 2. The second-order valence-electron chi connectivity index (χ2n) is 6.84. The molecular weight excluding hydrogens is 407 g/mol. The SMILES string of the molecule is Cc1nc(C)c(-c2csc(Nc3ccc(CNC(C)(C)C(F)(F)F)cn3)n2)s1. The molecule has 3 aromatic rings. The van der Waals surface area contributed by atoms with E-state index in [-0.39, 0.29) is 6.54 Å². The highest BCUT2D eigenvalue weighted by atomic mass is 32.1. The number of anilines is 2. The van der Waals surface area contributed by atoms with Crippen molar-refractivity contribution in [1.29, 1.82) is 0 Å². The van der Waals surface area contributed by atoms with Crippen LogP contribution in [0.3, 0.4) is 0 Å². The van der Waals surface area contributed by atoms with Gasteiger partial charge in [0, 0.05) is 18.1 Å². The molecule has 3 heterocycles.